The Bertz CT molecular complexity index is 577. The molecule has 0 aromatic carbocycles. The van der Waals surface area contributed by atoms with Crippen molar-refractivity contribution in [1.29, 1.82) is 0 Å². The molecule has 0 radical (unpaired) electrons. The van der Waals surface area contributed by atoms with Crippen molar-refractivity contribution in [2.75, 3.05) is 5.84 Å². The normalized spacial score (nSPS) is 10.8. The van der Waals surface area contributed by atoms with Gasteiger partial charge in [0.25, 0.3) is 11.3 Å². The molecule has 2 rings (SSSR count). The molecular weight excluding hydrogens is 192 g/mol. The Balaban J connectivity index is 3.14. The molecule has 0 saturated heterocycles. The maximum absolute atomic E-state index is 11.3. The van der Waals surface area contributed by atoms with E-state index in [1.54, 1.807) is 6.92 Å². The topological polar surface area (TPSA) is 94.0 Å². The summed E-state index contributed by atoms with van der Waals surface area (Å²) >= 11 is 4.86. The van der Waals surface area contributed by atoms with Crippen LogP contribution in [0, 0.1) is 11.7 Å². The fraction of sp³-hybridized carbons (Fsp3) is 0.200. The van der Waals surface area contributed by atoms with E-state index >= 15 is 0 Å². The van der Waals surface area contributed by atoms with Crippen LogP contribution in [0.5, 0.6) is 0 Å². The predicted molar refractivity (Wildman–Crippen MR) is 47.3 cm³/mol. The van der Waals surface area contributed by atoms with Gasteiger partial charge in [-0.05, 0) is 19.1 Å². The lowest BCUT2D eigenvalue weighted by molar-refractivity contribution is 0.777. The highest BCUT2D eigenvalue weighted by molar-refractivity contribution is 7.71. The van der Waals surface area contributed by atoms with Crippen molar-refractivity contribution in [3.63, 3.8) is 0 Å². The quantitative estimate of drug-likeness (QED) is 0.417. The minimum Gasteiger partial charge on any atom is -0.333 e. The molecule has 8 heteroatoms. The number of hydrogen-bond donors (Lipinski definition) is 2. The van der Waals surface area contributed by atoms with Crippen molar-refractivity contribution in [3.8, 4) is 0 Å². The molecule has 0 atom stereocenters. The SMILES string of the molecule is Cc1nn2c(=S)[nH]nc2n(N)c1=O. The summed E-state index contributed by atoms with van der Waals surface area (Å²) in [6.45, 7) is 1.56. The molecule has 13 heavy (non-hydrogen) atoms. The highest BCUT2D eigenvalue weighted by Crippen LogP contribution is 1.92. The van der Waals surface area contributed by atoms with Crippen LogP contribution >= 0.6 is 12.2 Å². The lowest BCUT2D eigenvalue weighted by Crippen LogP contribution is -2.32. The number of aryl methyl sites for hydroxylation is 1. The van der Waals surface area contributed by atoms with E-state index in [0.717, 1.165) is 4.68 Å². The van der Waals surface area contributed by atoms with Crippen LogP contribution in [0.25, 0.3) is 5.78 Å². The number of nitrogen functional groups attached to an aromatic ring is 1. The molecular formula is C5H6N6OS. The smallest absolute Gasteiger partial charge is 0.295 e. The Labute approximate surface area is 76.8 Å². The number of hydrogen-bond acceptors (Lipinski definition) is 5. The molecule has 0 amide bonds. The van der Waals surface area contributed by atoms with Crippen LogP contribution in [-0.4, -0.2) is 24.5 Å². The Morgan fingerprint density at radius 1 is 1.62 bits per heavy atom. The molecule has 0 saturated carbocycles. The van der Waals surface area contributed by atoms with Crippen LogP contribution in [0.2, 0.25) is 0 Å². The molecule has 3 N–H and O–H groups in total. The van der Waals surface area contributed by atoms with E-state index in [4.69, 9.17) is 18.1 Å². The Kier molecular flexibility index (Phi) is 1.46. The molecule has 0 fully saturated rings. The van der Waals surface area contributed by atoms with Gasteiger partial charge in [-0.3, -0.25) is 4.79 Å². The van der Waals surface area contributed by atoms with Crippen LogP contribution in [0.15, 0.2) is 4.79 Å². The van der Waals surface area contributed by atoms with Gasteiger partial charge in [0.2, 0.25) is 4.77 Å². The van der Waals surface area contributed by atoms with Crippen LogP contribution in [0.4, 0.5) is 0 Å². The summed E-state index contributed by atoms with van der Waals surface area (Å²) in [5.74, 6) is 5.64. The molecule has 0 unspecified atom stereocenters. The van der Waals surface area contributed by atoms with E-state index in [-0.39, 0.29) is 17.0 Å². The average molecular weight is 198 g/mol. The summed E-state index contributed by atoms with van der Waals surface area (Å²) in [7, 11) is 0. The molecule has 7 nitrogen and oxygen atoms in total. The van der Waals surface area contributed by atoms with E-state index in [0.29, 0.717) is 4.77 Å². The number of aromatic amines is 1. The summed E-state index contributed by atoms with van der Waals surface area (Å²) in [6.07, 6.45) is 0. The summed E-state index contributed by atoms with van der Waals surface area (Å²) in [5, 5.41) is 10.1. The van der Waals surface area contributed by atoms with Gasteiger partial charge in [-0.15, -0.1) is 5.10 Å². The van der Waals surface area contributed by atoms with Gasteiger partial charge in [-0.25, -0.2) is 5.10 Å². The summed E-state index contributed by atoms with van der Waals surface area (Å²) in [5.41, 5.74) is -0.117. The Morgan fingerprint density at radius 3 is 3.00 bits per heavy atom. The zero-order valence-electron chi connectivity index (χ0n) is 6.68. The molecule has 0 bridgehead atoms. The van der Waals surface area contributed by atoms with Crippen LogP contribution in [0.3, 0.4) is 0 Å². The van der Waals surface area contributed by atoms with E-state index in [2.05, 4.69) is 15.3 Å². The van der Waals surface area contributed by atoms with Crippen molar-refractivity contribution < 1.29 is 0 Å². The fourth-order valence-electron chi connectivity index (χ4n) is 0.987. The third-order valence-corrected chi connectivity index (χ3v) is 1.89. The number of nitrogens with two attached hydrogens (primary N) is 1. The standard InChI is InChI=1S/C5H6N6OS/c1-2-3(12)10(6)4-7-8-5(13)11(4)9-2/h6H2,1H3,(H,8,13). The van der Waals surface area contributed by atoms with Gasteiger partial charge in [0.05, 0.1) is 0 Å². The zero-order valence-corrected chi connectivity index (χ0v) is 7.50. The molecule has 0 aliphatic heterocycles. The Hall–Kier alpha value is -1.70. The third-order valence-electron chi connectivity index (χ3n) is 1.63. The molecule has 0 aliphatic carbocycles. The molecule has 2 heterocycles. The van der Waals surface area contributed by atoms with Gasteiger partial charge < -0.3 is 5.84 Å². The van der Waals surface area contributed by atoms with Gasteiger partial charge in [0.1, 0.15) is 5.69 Å². The monoisotopic (exact) mass is 198 g/mol. The first-order valence-electron chi connectivity index (χ1n) is 3.43. The van der Waals surface area contributed by atoms with Crippen molar-refractivity contribution >= 4 is 18.0 Å². The van der Waals surface area contributed by atoms with Gasteiger partial charge in [-0.2, -0.15) is 14.3 Å². The molecule has 2 aromatic rings. The second-order valence-electron chi connectivity index (χ2n) is 2.50. The van der Waals surface area contributed by atoms with Crippen molar-refractivity contribution in [3.05, 3.63) is 20.8 Å². The minimum atomic E-state index is -0.387. The number of nitrogens with one attached hydrogen (secondary N) is 1. The lowest BCUT2D eigenvalue weighted by Gasteiger charge is -1.99. The van der Waals surface area contributed by atoms with E-state index < -0.39 is 0 Å². The van der Waals surface area contributed by atoms with Crippen molar-refractivity contribution in [2.24, 2.45) is 0 Å². The maximum atomic E-state index is 11.3. The molecule has 0 spiro atoms. The zero-order chi connectivity index (χ0) is 9.59. The van der Waals surface area contributed by atoms with Gasteiger partial charge in [0.15, 0.2) is 0 Å². The maximum Gasteiger partial charge on any atom is 0.295 e. The average Bonchev–Trinajstić information content (AvgIpc) is 2.45. The lowest BCUT2D eigenvalue weighted by atomic mass is 10.5. The van der Waals surface area contributed by atoms with Crippen LogP contribution < -0.4 is 11.4 Å². The van der Waals surface area contributed by atoms with Crippen LogP contribution in [0.1, 0.15) is 5.69 Å². The number of nitrogens with zero attached hydrogens (tertiary/aromatic N) is 4. The van der Waals surface area contributed by atoms with Crippen molar-refractivity contribution in [1.82, 2.24) is 24.5 Å². The van der Waals surface area contributed by atoms with Crippen molar-refractivity contribution in [2.45, 2.75) is 6.92 Å². The first-order valence-corrected chi connectivity index (χ1v) is 3.84. The number of fused-ring (bicyclic) bond motifs is 1. The fourth-order valence-corrected chi connectivity index (χ4v) is 1.16. The Morgan fingerprint density at radius 2 is 2.31 bits per heavy atom. The second kappa shape index (κ2) is 2.39. The number of aromatic nitrogens is 5. The van der Waals surface area contributed by atoms with Gasteiger partial charge in [0, 0.05) is 0 Å². The summed E-state index contributed by atoms with van der Waals surface area (Å²) in [4.78, 5) is 11.3. The summed E-state index contributed by atoms with van der Waals surface area (Å²) < 4.78 is 2.50. The van der Waals surface area contributed by atoms with Gasteiger partial charge >= 0.3 is 0 Å². The van der Waals surface area contributed by atoms with E-state index in [1.165, 1.54) is 4.52 Å². The first kappa shape index (κ1) is 7.92. The molecule has 68 valence electrons. The van der Waals surface area contributed by atoms with E-state index in [9.17, 15) is 4.79 Å². The molecule has 2 aromatic heterocycles. The molecule has 0 aliphatic rings. The third kappa shape index (κ3) is 0.952. The summed E-state index contributed by atoms with van der Waals surface area (Å²) in [6, 6.07) is 0. The van der Waals surface area contributed by atoms with Gasteiger partial charge in [-0.1, -0.05) is 0 Å². The second-order valence-corrected chi connectivity index (χ2v) is 2.89. The van der Waals surface area contributed by atoms with Crippen LogP contribution in [-0.2, 0) is 0 Å². The minimum absolute atomic E-state index is 0.195. The first-order chi connectivity index (χ1) is 6.11. The van der Waals surface area contributed by atoms with E-state index in [1.807, 2.05) is 0 Å². The highest BCUT2D eigenvalue weighted by atomic mass is 32.1. The largest absolute Gasteiger partial charge is 0.333 e. The highest BCUT2D eigenvalue weighted by Gasteiger charge is 2.07. The number of rotatable bonds is 0. The number of H-pyrrole nitrogens is 1. The predicted octanol–water partition coefficient (Wildman–Crippen LogP) is -1.03.